The van der Waals surface area contributed by atoms with Crippen molar-refractivity contribution in [2.75, 3.05) is 11.4 Å². The molecule has 1 aliphatic rings. The van der Waals surface area contributed by atoms with Crippen LogP contribution in [0.5, 0.6) is 5.75 Å². The smallest absolute Gasteiger partial charge is 0.337 e. The van der Waals surface area contributed by atoms with Gasteiger partial charge in [-0.1, -0.05) is 47.5 Å². The van der Waals surface area contributed by atoms with Gasteiger partial charge in [-0.2, -0.15) is 0 Å². The Morgan fingerprint density at radius 3 is 2.39 bits per heavy atom. The lowest BCUT2D eigenvalue weighted by molar-refractivity contribution is -0.120. The third-order valence-corrected chi connectivity index (χ3v) is 7.70. The third-order valence-electron chi connectivity index (χ3n) is 5.35. The summed E-state index contributed by atoms with van der Waals surface area (Å²) >= 11 is 12.5. The first-order valence-corrected chi connectivity index (χ1v) is 11.6. The van der Waals surface area contributed by atoms with Gasteiger partial charge < -0.3 is 15.6 Å². The van der Waals surface area contributed by atoms with Crippen molar-refractivity contribution in [1.82, 2.24) is 0 Å². The van der Waals surface area contributed by atoms with E-state index >= 15 is 0 Å². The average Bonchev–Trinajstić information content (AvgIpc) is 3.01. The molecular weight excluding hydrogens is 491 g/mol. The first kappa shape index (κ1) is 23.1. The Morgan fingerprint density at radius 2 is 1.76 bits per heavy atom. The van der Waals surface area contributed by atoms with Gasteiger partial charge in [0.05, 0.1) is 18.4 Å². The summed E-state index contributed by atoms with van der Waals surface area (Å²) in [6.45, 7) is 0. The highest BCUT2D eigenvalue weighted by Crippen LogP contribution is 2.48. The molecule has 1 atom stereocenters. The summed E-state index contributed by atoms with van der Waals surface area (Å²) in [4.78, 5) is 24.9. The van der Waals surface area contributed by atoms with Crippen LogP contribution in [0.2, 0.25) is 10.0 Å². The summed E-state index contributed by atoms with van der Waals surface area (Å²) in [5.74, 6) is -2.80. The van der Waals surface area contributed by atoms with E-state index in [2.05, 4.69) is 0 Å². The maximum absolute atomic E-state index is 13.8. The van der Waals surface area contributed by atoms with Crippen LogP contribution in [-0.4, -0.2) is 32.5 Å². The number of carbonyl (C=O) groups excluding carboxylic acids is 1. The normalized spacial score (nSPS) is 17.7. The van der Waals surface area contributed by atoms with Crippen molar-refractivity contribution in [3.8, 4) is 5.75 Å². The highest BCUT2D eigenvalue weighted by atomic mass is 35.5. The van der Waals surface area contributed by atoms with Crippen LogP contribution in [0.4, 0.5) is 5.69 Å². The number of carboxylic acids is 1. The largest absolute Gasteiger partial charge is 0.495 e. The maximum Gasteiger partial charge on any atom is 0.337 e. The van der Waals surface area contributed by atoms with Crippen LogP contribution in [0.25, 0.3) is 0 Å². The van der Waals surface area contributed by atoms with E-state index in [1.807, 2.05) is 0 Å². The first-order chi connectivity index (χ1) is 15.5. The molecule has 3 N–H and O–H groups in total. The molecule has 1 aliphatic heterocycles. The SMILES string of the molecule is COc1cccc(C(=O)O)c1S(=O)(=O)N1C(=O)C(N)(c2ccccc2Cl)c2cc(Cl)ccc21. The zero-order chi connectivity index (χ0) is 24.1. The van der Waals surface area contributed by atoms with E-state index in [4.69, 9.17) is 33.7 Å². The summed E-state index contributed by atoms with van der Waals surface area (Å²) in [6, 6.07) is 14.1. The number of fused-ring (bicyclic) bond motifs is 1. The molecule has 1 heterocycles. The fourth-order valence-corrected chi connectivity index (χ4v) is 6.13. The molecule has 3 aromatic carbocycles. The van der Waals surface area contributed by atoms with Crippen molar-refractivity contribution >= 4 is 50.8 Å². The number of hydrogen-bond donors (Lipinski definition) is 2. The number of anilines is 1. The van der Waals surface area contributed by atoms with Gasteiger partial charge in [0, 0.05) is 21.2 Å². The number of nitrogens with two attached hydrogens (primary N) is 1. The standard InChI is InChI=1S/C22H16Cl2N2O6S/c1-32-18-8-4-5-13(20(27)28)19(18)33(30,31)26-17-10-9-12(23)11-15(17)22(25,21(26)29)14-6-2-3-7-16(14)24/h2-11H,25H2,1H3,(H,27,28). The van der Waals surface area contributed by atoms with Gasteiger partial charge in [-0.25, -0.2) is 17.5 Å². The van der Waals surface area contributed by atoms with Crippen molar-refractivity contribution < 1.29 is 27.9 Å². The van der Waals surface area contributed by atoms with Gasteiger partial charge in [0.15, 0.2) is 5.54 Å². The number of carbonyl (C=O) groups is 2. The van der Waals surface area contributed by atoms with Crippen LogP contribution in [0.15, 0.2) is 65.6 Å². The quantitative estimate of drug-likeness (QED) is 0.540. The van der Waals surface area contributed by atoms with Crippen molar-refractivity contribution in [2.24, 2.45) is 5.73 Å². The van der Waals surface area contributed by atoms with Crippen molar-refractivity contribution in [3.05, 3.63) is 87.4 Å². The zero-order valence-corrected chi connectivity index (χ0v) is 19.3. The molecule has 0 aliphatic carbocycles. The molecule has 0 saturated carbocycles. The molecule has 33 heavy (non-hydrogen) atoms. The Balaban J connectivity index is 2.05. The van der Waals surface area contributed by atoms with Gasteiger partial charge >= 0.3 is 5.97 Å². The number of benzene rings is 3. The monoisotopic (exact) mass is 506 g/mol. The summed E-state index contributed by atoms with van der Waals surface area (Å²) in [6.07, 6.45) is 0. The van der Waals surface area contributed by atoms with Gasteiger partial charge in [0.2, 0.25) is 0 Å². The van der Waals surface area contributed by atoms with E-state index in [1.165, 1.54) is 49.6 Å². The molecule has 0 saturated heterocycles. The number of sulfonamides is 1. The first-order valence-electron chi connectivity index (χ1n) is 9.39. The minimum atomic E-state index is -4.81. The van der Waals surface area contributed by atoms with E-state index in [9.17, 15) is 23.1 Å². The summed E-state index contributed by atoms with van der Waals surface area (Å²) in [5, 5.41) is 9.98. The summed E-state index contributed by atoms with van der Waals surface area (Å²) in [5.41, 5.74) is 4.21. The number of aromatic carboxylic acids is 1. The molecular formula is C22H16Cl2N2O6S. The second kappa shape index (κ2) is 8.03. The zero-order valence-electron chi connectivity index (χ0n) is 17.0. The van der Waals surface area contributed by atoms with Crippen LogP contribution in [0, 0.1) is 0 Å². The second-order valence-corrected chi connectivity index (χ2v) is 9.73. The molecule has 0 spiro atoms. The van der Waals surface area contributed by atoms with Gasteiger partial charge in [-0.05, 0) is 36.4 Å². The minimum absolute atomic E-state index is 0.0749. The van der Waals surface area contributed by atoms with Crippen molar-refractivity contribution in [2.45, 2.75) is 10.4 Å². The Hall–Kier alpha value is -3.11. The minimum Gasteiger partial charge on any atom is -0.495 e. The molecule has 0 aromatic heterocycles. The van der Waals surface area contributed by atoms with Crippen LogP contribution < -0.4 is 14.8 Å². The Morgan fingerprint density at radius 1 is 1.06 bits per heavy atom. The lowest BCUT2D eigenvalue weighted by atomic mass is 9.85. The highest BCUT2D eigenvalue weighted by Gasteiger charge is 2.55. The number of halogens is 2. The van der Waals surface area contributed by atoms with E-state index < -0.39 is 37.9 Å². The van der Waals surface area contributed by atoms with Gasteiger partial charge in [-0.15, -0.1) is 0 Å². The topological polar surface area (TPSA) is 127 Å². The number of nitrogens with zero attached hydrogens (tertiary/aromatic N) is 1. The van der Waals surface area contributed by atoms with Gasteiger partial charge in [0.1, 0.15) is 10.6 Å². The van der Waals surface area contributed by atoms with Gasteiger partial charge in [0.25, 0.3) is 15.9 Å². The predicted octanol–water partition coefficient (Wildman–Crippen LogP) is 3.64. The second-order valence-electron chi connectivity index (χ2n) is 7.17. The Kier molecular flexibility index (Phi) is 5.61. The fraction of sp³-hybridized carbons (Fsp3) is 0.0909. The molecule has 8 nitrogen and oxygen atoms in total. The number of hydrogen-bond acceptors (Lipinski definition) is 6. The lowest BCUT2D eigenvalue weighted by Gasteiger charge is -2.26. The number of ether oxygens (including phenoxy) is 1. The molecule has 0 fully saturated rings. The van der Waals surface area contributed by atoms with Gasteiger partial charge in [-0.3, -0.25) is 4.79 Å². The van der Waals surface area contributed by atoms with E-state index in [-0.39, 0.29) is 32.6 Å². The molecule has 0 radical (unpaired) electrons. The van der Waals surface area contributed by atoms with Crippen molar-refractivity contribution in [3.63, 3.8) is 0 Å². The molecule has 4 rings (SSSR count). The van der Waals surface area contributed by atoms with E-state index in [0.717, 1.165) is 6.07 Å². The highest BCUT2D eigenvalue weighted by molar-refractivity contribution is 7.93. The van der Waals surface area contributed by atoms with E-state index in [1.54, 1.807) is 12.1 Å². The molecule has 11 heteroatoms. The van der Waals surface area contributed by atoms with Crippen LogP contribution >= 0.6 is 23.2 Å². The Bertz CT molecular complexity index is 1430. The summed E-state index contributed by atoms with van der Waals surface area (Å²) < 4.78 is 33.3. The number of rotatable bonds is 5. The summed E-state index contributed by atoms with van der Waals surface area (Å²) in [7, 11) is -3.62. The molecule has 170 valence electrons. The number of carboxylic acid groups (broad SMARTS) is 1. The number of amides is 1. The van der Waals surface area contributed by atoms with E-state index in [0.29, 0.717) is 4.31 Å². The number of methoxy groups -OCH3 is 1. The maximum atomic E-state index is 13.8. The molecule has 3 aromatic rings. The third kappa shape index (κ3) is 3.36. The fourth-order valence-electron chi connectivity index (χ4n) is 3.87. The van der Waals surface area contributed by atoms with Crippen molar-refractivity contribution in [1.29, 1.82) is 0 Å². The van der Waals surface area contributed by atoms with Crippen LogP contribution in [-0.2, 0) is 20.4 Å². The molecule has 0 bridgehead atoms. The average molecular weight is 507 g/mol. The predicted molar refractivity (Wildman–Crippen MR) is 122 cm³/mol. The van der Waals surface area contributed by atoms with Crippen LogP contribution in [0.1, 0.15) is 21.5 Å². The van der Waals surface area contributed by atoms with Crippen LogP contribution in [0.3, 0.4) is 0 Å². The lowest BCUT2D eigenvalue weighted by Crippen LogP contribution is -2.50. The Labute approximate surface area is 199 Å². The molecule has 1 amide bonds. The molecule has 1 unspecified atom stereocenters.